The Morgan fingerprint density at radius 3 is 2.76 bits per heavy atom. The van der Waals surface area contributed by atoms with E-state index in [2.05, 4.69) is 76.9 Å². The monoisotopic (exact) mass is 507 g/mol. The van der Waals surface area contributed by atoms with Crippen LogP contribution < -0.4 is 10.2 Å². The standard InChI is InChI=1S/C20H26IN7O/c1-13(11-15-12-22-17-6-4-3-5-16(15)17)23-19(29)18-24-20(26-25-18)28-9-7-27(8-10-28)14(2)21/h3-6,12-14,22H,7-11H2,1-2H3,(H,23,29)(H,24,25,26). The molecule has 8 nitrogen and oxygen atoms in total. The molecule has 2 unspecified atom stereocenters. The summed E-state index contributed by atoms with van der Waals surface area (Å²) in [6.07, 6.45) is 2.75. The summed E-state index contributed by atoms with van der Waals surface area (Å²) in [5.74, 6) is 0.631. The molecule has 4 rings (SSSR count). The highest BCUT2D eigenvalue weighted by molar-refractivity contribution is 14.1. The van der Waals surface area contributed by atoms with E-state index >= 15 is 0 Å². The molecule has 1 aliphatic rings. The maximum atomic E-state index is 12.6. The molecule has 1 amide bonds. The molecule has 0 bridgehead atoms. The topological polar surface area (TPSA) is 92.9 Å². The molecule has 0 radical (unpaired) electrons. The number of carbonyl (C=O) groups excluding carboxylic acids is 1. The van der Waals surface area contributed by atoms with Gasteiger partial charge in [-0.25, -0.2) is 0 Å². The third-order valence-corrected chi connectivity index (χ3v) is 6.16. The van der Waals surface area contributed by atoms with Crippen LogP contribution in [-0.4, -0.2) is 67.2 Å². The van der Waals surface area contributed by atoms with E-state index in [9.17, 15) is 4.79 Å². The van der Waals surface area contributed by atoms with Gasteiger partial charge in [-0.15, -0.1) is 5.10 Å². The molecule has 2 atom stereocenters. The molecule has 3 N–H and O–H groups in total. The fourth-order valence-electron chi connectivity index (χ4n) is 3.75. The van der Waals surface area contributed by atoms with Crippen molar-refractivity contribution in [1.82, 2.24) is 30.4 Å². The highest BCUT2D eigenvalue weighted by Gasteiger charge is 2.23. The zero-order valence-corrected chi connectivity index (χ0v) is 18.8. The lowest BCUT2D eigenvalue weighted by Gasteiger charge is -2.35. The van der Waals surface area contributed by atoms with E-state index in [0.29, 0.717) is 10.00 Å². The van der Waals surface area contributed by atoms with Crippen molar-refractivity contribution in [2.75, 3.05) is 31.1 Å². The number of para-hydroxylation sites is 1. The number of halogens is 1. The maximum Gasteiger partial charge on any atom is 0.288 e. The smallest absolute Gasteiger partial charge is 0.288 e. The molecule has 3 aromatic rings. The van der Waals surface area contributed by atoms with E-state index in [0.717, 1.165) is 38.1 Å². The summed E-state index contributed by atoms with van der Waals surface area (Å²) in [5, 5.41) is 11.3. The number of aromatic amines is 2. The SMILES string of the molecule is CC(Cc1c[nH]c2ccccc12)NC(=O)c1nc(N2CCN(C(C)I)CC2)n[nH]1. The average molecular weight is 507 g/mol. The first-order chi connectivity index (χ1) is 14.0. The van der Waals surface area contributed by atoms with Crippen molar-refractivity contribution in [2.45, 2.75) is 30.4 Å². The summed E-state index contributed by atoms with van der Waals surface area (Å²) in [5.41, 5.74) is 2.30. The second-order valence-electron chi connectivity index (χ2n) is 7.52. The molecule has 1 aromatic carbocycles. The second kappa shape index (κ2) is 8.70. The van der Waals surface area contributed by atoms with Crippen molar-refractivity contribution in [2.24, 2.45) is 0 Å². The zero-order chi connectivity index (χ0) is 20.4. The van der Waals surface area contributed by atoms with Crippen LogP contribution in [0.2, 0.25) is 0 Å². The van der Waals surface area contributed by atoms with Gasteiger partial charge in [-0.2, -0.15) is 4.98 Å². The van der Waals surface area contributed by atoms with Gasteiger partial charge in [0.25, 0.3) is 5.91 Å². The Labute approximate surface area is 183 Å². The van der Waals surface area contributed by atoms with Crippen molar-refractivity contribution in [1.29, 1.82) is 0 Å². The fraction of sp³-hybridized carbons (Fsp3) is 0.450. The van der Waals surface area contributed by atoms with E-state index < -0.39 is 0 Å². The lowest BCUT2D eigenvalue weighted by atomic mass is 10.1. The predicted molar refractivity (Wildman–Crippen MR) is 123 cm³/mol. The van der Waals surface area contributed by atoms with Gasteiger partial charge < -0.3 is 15.2 Å². The van der Waals surface area contributed by atoms with E-state index in [1.807, 2.05) is 25.3 Å². The van der Waals surface area contributed by atoms with Crippen LogP contribution in [0.5, 0.6) is 0 Å². The van der Waals surface area contributed by atoms with Crippen LogP contribution in [0.25, 0.3) is 10.9 Å². The number of hydrogen-bond donors (Lipinski definition) is 3. The highest BCUT2D eigenvalue weighted by atomic mass is 127. The van der Waals surface area contributed by atoms with Crippen LogP contribution in [0, 0.1) is 0 Å². The van der Waals surface area contributed by atoms with Crippen LogP contribution in [0.15, 0.2) is 30.5 Å². The summed E-state index contributed by atoms with van der Waals surface area (Å²) in [7, 11) is 0. The number of anilines is 1. The van der Waals surface area contributed by atoms with Gasteiger partial charge in [0.15, 0.2) is 0 Å². The number of amides is 1. The number of nitrogens with zero attached hydrogens (tertiary/aromatic N) is 4. The van der Waals surface area contributed by atoms with Gasteiger partial charge in [0.2, 0.25) is 11.8 Å². The minimum absolute atomic E-state index is 0.0241. The molecular weight excluding hydrogens is 481 g/mol. The number of fused-ring (bicyclic) bond motifs is 1. The third-order valence-electron chi connectivity index (χ3n) is 5.37. The van der Waals surface area contributed by atoms with Crippen LogP contribution in [0.4, 0.5) is 5.95 Å². The van der Waals surface area contributed by atoms with Gasteiger partial charge in [0.1, 0.15) is 0 Å². The van der Waals surface area contributed by atoms with Gasteiger partial charge >= 0.3 is 0 Å². The van der Waals surface area contributed by atoms with Crippen molar-refractivity contribution in [3.8, 4) is 0 Å². The molecule has 3 heterocycles. The van der Waals surface area contributed by atoms with Crippen molar-refractivity contribution in [3.63, 3.8) is 0 Å². The molecule has 154 valence electrons. The summed E-state index contributed by atoms with van der Waals surface area (Å²) >= 11 is 2.43. The number of H-pyrrole nitrogens is 2. The number of benzene rings is 1. The largest absolute Gasteiger partial charge is 0.361 e. The van der Waals surface area contributed by atoms with Crippen LogP contribution in [-0.2, 0) is 6.42 Å². The fourth-order valence-corrected chi connectivity index (χ4v) is 4.30. The van der Waals surface area contributed by atoms with Crippen LogP contribution in [0.3, 0.4) is 0 Å². The number of rotatable bonds is 6. The lowest BCUT2D eigenvalue weighted by Crippen LogP contribution is -2.48. The summed E-state index contributed by atoms with van der Waals surface area (Å²) in [6, 6.07) is 8.16. The Balaban J connectivity index is 1.34. The molecular formula is C20H26IN7O. The Hall–Kier alpha value is -2.14. The molecule has 0 spiro atoms. The molecule has 1 fully saturated rings. The number of piperazine rings is 1. The van der Waals surface area contributed by atoms with Gasteiger partial charge in [-0.3, -0.25) is 14.8 Å². The minimum atomic E-state index is -0.226. The Kier molecular flexibility index (Phi) is 6.04. The number of hydrogen-bond acceptors (Lipinski definition) is 5. The van der Waals surface area contributed by atoms with E-state index in [1.165, 1.54) is 10.9 Å². The quantitative estimate of drug-likeness (QED) is 0.271. The summed E-state index contributed by atoms with van der Waals surface area (Å²) < 4.78 is 0.516. The number of alkyl halides is 1. The molecule has 1 saturated heterocycles. The van der Waals surface area contributed by atoms with Gasteiger partial charge in [0, 0.05) is 49.3 Å². The summed E-state index contributed by atoms with van der Waals surface area (Å²) in [6.45, 7) is 7.88. The second-order valence-corrected chi connectivity index (χ2v) is 9.32. The van der Waals surface area contributed by atoms with E-state index in [4.69, 9.17) is 0 Å². The van der Waals surface area contributed by atoms with Gasteiger partial charge in [-0.1, -0.05) is 40.8 Å². The van der Waals surface area contributed by atoms with Crippen molar-refractivity contribution < 1.29 is 4.79 Å². The summed E-state index contributed by atoms with van der Waals surface area (Å²) in [4.78, 5) is 24.8. The number of aromatic nitrogens is 4. The maximum absolute atomic E-state index is 12.6. The number of carbonyl (C=O) groups is 1. The molecule has 0 aliphatic carbocycles. The molecule has 1 aliphatic heterocycles. The van der Waals surface area contributed by atoms with Crippen LogP contribution in [0.1, 0.15) is 30.0 Å². The zero-order valence-electron chi connectivity index (χ0n) is 16.7. The highest BCUT2D eigenvalue weighted by Crippen LogP contribution is 2.19. The first-order valence-electron chi connectivity index (χ1n) is 9.92. The Morgan fingerprint density at radius 1 is 1.24 bits per heavy atom. The van der Waals surface area contributed by atoms with Gasteiger partial charge in [-0.05, 0) is 31.9 Å². The Morgan fingerprint density at radius 2 is 2.00 bits per heavy atom. The molecule has 0 saturated carbocycles. The Bertz CT molecular complexity index is 974. The average Bonchev–Trinajstić information content (AvgIpc) is 3.36. The third kappa shape index (κ3) is 4.55. The predicted octanol–water partition coefficient (Wildman–Crippen LogP) is 2.55. The first-order valence-corrected chi connectivity index (χ1v) is 11.2. The normalized spacial score (nSPS) is 17.4. The molecule has 2 aromatic heterocycles. The molecule has 9 heteroatoms. The van der Waals surface area contributed by atoms with Crippen LogP contribution >= 0.6 is 22.6 Å². The molecule has 29 heavy (non-hydrogen) atoms. The van der Waals surface area contributed by atoms with Gasteiger partial charge in [0.05, 0.1) is 4.05 Å². The van der Waals surface area contributed by atoms with E-state index in [1.54, 1.807) is 0 Å². The lowest BCUT2D eigenvalue weighted by molar-refractivity contribution is 0.0930. The number of nitrogens with one attached hydrogen (secondary N) is 3. The minimum Gasteiger partial charge on any atom is -0.361 e. The van der Waals surface area contributed by atoms with Crippen molar-refractivity contribution >= 4 is 45.3 Å². The van der Waals surface area contributed by atoms with Crippen molar-refractivity contribution in [3.05, 3.63) is 41.9 Å². The first kappa shape index (κ1) is 20.1. The van der Waals surface area contributed by atoms with E-state index in [-0.39, 0.29) is 17.8 Å².